The molecule has 3 aromatic rings. The molecule has 0 saturated carbocycles. The molecule has 1 aliphatic rings. The molecule has 0 aliphatic carbocycles. The molecule has 3 heterocycles. The average molecular weight is 413 g/mol. The van der Waals surface area contributed by atoms with Crippen molar-refractivity contribution in [2.75, 3.05) is 19.7 Å². The number of morpholine rings is 1. The number of aromatic nitrogens is 2. The standard InChI is InChI=1S/C16H13F2N3O4S2/c17-11-4-3-10(8-12(11)18)27(22,23)21-5-6-24-13(9-21)16-19-15(20-25-16)14-2-1-7-26-14/h1-4,7-8,13H,5-6,9H2/t13-/m0/s1. The highest BCUT2D eigenvalue weighted by Crippen LogP contribution is 2.28. The Morgan fingerprint density at radius 2 is 2.07 bits per heavy atom. The van der Waals surface area contributed by atoms with E-state index in [1.54, 1.807) is 0 Å². The number of hydrogen-bond donors (Lipinski definition) is 0. The fraction of sp³-hybridized carbons (Fsp3) is 0.250. The predicted molar refractivity (Wildman–Crippen MR) is 91.4 cm³/mol. The number of thiophene rings is 1. The van der Waals surface area contributed by atoms with Gasteiger partial charge >= 0.3 is 0 Å². The molecule has 0 amide bonds. The van der Waals surface area contributed by atoms with Gasteiger partial charge in [-0.05, 0) is 29.6 Å². The molecular formula is C16H13F2N3O4S2. The summed E-state index contributed by atoms with van der Waals surface area (Å²) in [5.74, 6) is -1.79. The minimum Gasteiger partial charge on any atom is -0.366 e. The van der Waals surface area contributed by atoms with E-state index in [2.05, 4.69) is 10.1 Å². The number of benzene rings is 1. The molecule has 0 N–H and O–H groups in total. The second kappa shape index (κ2) is 7.08. The summed E-state index contributed by atoms with van der Waals surface area (Å²) in [5.41, 5.74) is 0. The summed E-state index contributed by atoms with van der Waals surface area (Å²) < 4.78 is 63.9. The highest BCUT2D eigenvalue weighted by Gasteiger charge is 2.34. The normalized spacial score (nSPS) is 18.7. The lowest BCUT2D eigenvalue weighted by Crippen LogP contribution is -2.42. The minimum absolute atomic E-state index is 0.0732. The van der Waals surface area contributed by atoms with Gasteiger partial charge in [0.1, 0.15) is 0 Å². The van der Waals surface area contributed by atoms with Crippen molar-refractivity contribution in [3.05, 3.63) is 53.2 Å². The van der Waals surface area contributed by atoms with E-state index in [9.17, 15) is 17.2 Å². The number of rotatable bonds is 4. The fourth-order valence-corrected chi connectivity index (χ4v) is 4.74. The lowest BCUT2D eigenvalue weighted by Gasteiger charge is -2.30. The Balaban J connectivity index is 1.56. The first-order valence-corrected chi connectivity index (χ1v) is 10.2. The Kier molecular flexibility index (Phi) is 4.76. The molecule has 0 spiro atoms. The zero-order valence-corrected chi connectivity index (χ0v) is 15.3. The van der Waals surface area contributed by atoms with Crippen LogP contribution < -0.4 is 0 Å². The van der Waals surface area contributed by atoms with E-state index in [1.807, 2.05) is 17.5 Å². The van der Waals surface area contributed by atoms with Crippen LogP contribution in [0.2, 0.25) is 0 Å². The van der Waals surface area contributed by atoms with Gasteiger partial charge in [0.25, 0.3) is 5.89 Å². The maximum Gasteiger partial charge on any atom is 0.257 e. The number of nitrogens with zero attached hydrogens (tertiary/aromatic N) is 3. The van der Waals surface area contributed by atoms with E-state index in [4.69, 9.17) is 9.26 Å². The zero-order valence-electron chi connectivity index (χ0n) is 13.7. The molecule has 11 heteroatoms. The molecule has 1 aromatic carbocycles. The summed E-state index contributed by atoms with van der Waals surface area (Å²) in [6.07, 6.45) is -0.750. The van der Waals surface area contributed by atoms with Crippen LogP contribution in [0.25, 0.3) is 10.7 Å². The molecular weight excluding hydrogens is 400 g/mol. The SMILES string of the molecule is O=S(=O)(c1ccc(F)c(F)c1)N1CCO[C@H](c2nc(-c3cccs3)no2)C1. The molecule has 0 radical (unpaired) electrons. The molecule has 1 atom stereocenters. The molecule has 0 bridgehead atoms. The van der Waals surface area contributed by atoms with Crippen molar-refractivity contribution in [3.63, 3.8) is 0 Å². The summed E-state index contributed by atoms with van der Waals surface area (Å²) in [6.45, 7) is 0.0986. The van der Waals surface area contributed by atoms with Crippen LogP contribution in [0.1, 0.15) is 12.0 Å². The summed E-state index contributed by atoms with van der Waals surface area (Å²) >= 11 is 1.44. The number of hydrogen-bond acceptors (Lipinski definition) is 7. The fourth-order valence-electron chi connectivity index (χ4n) is 2.65. The maximum absolute atomic E-state index is 13.4. The second-order valence-electron chi connectivity index (χ2n) is 5.73. The smallest absolute Gasteiger partial charge is 0.257 e. The van der Waals surface area contributed by atoms with Crippen LogP contribution >= 0.6 is 11.3 Å². The Hall–Kier alpha value is -2.21. The first kappa shape index (κ1) is 18.2. The second-order valence-corrected chi connectivity index (χ2v) is 8.62. The Morgan fingerprint density at radius 3 is 2.81 bits per heavy atom. The third kappa shape index (κ3) is 3.50. The summed E-state index contributed by atoms with van der Waals surface area (Å²) in [4.78, 5) is 4.75. The van der Waals surface area contributed by atoms with Gasteiger partial charge in [-0.25, -0.2) is 17.2 Å². The van der Waals surface area contributed by atoms with Gasteiger partial charge in [0.2, 0.25) is 15.8 Å². The minimum atomic E-state index is -4.02. The van der Waals surface area contributed by atoms with E-state index < -0.39 is 27.8 Å². The summed E-state index contributed by atoms with van der Waals surface area (Å²) in [5, 5.41) is 5.76. The largest absolute Gasteiger partial charge is 0.366 e. The van der Waals surface area contributed by atoms with E-state index in [0.29, 0.717) is 11.9 Å². The molecule has 27 heavy (non-hydrogen) atoms. The first-order valence-electron chi connectivity index (χ1n) is 7.89. The van der Waals surface area contributed by atoms with Crippen LogP contribution in [0.3, 0.4) is 0 Å². The molecule has 2 aromatic heterocycles. The third-order valence-corrected chi connectivity index (χ3v) is 6.74. The van der Waals surface area contributed by atoms with Crippen LogP contribution in [0, 0.1) is 11.6 Å². The van der Waals surface area contributed by atoms with Crippen LogP contribution in [0.15, 0.2) is 45.1 Å². The number of ether oxygens (including phenoxy) is 1. The first-order chi connectivity index (χ1) is 12.9. The van der Waals surface area contributed by atoms with Gasteiger partial charge < -0.3 is 9.26 Å². The van der Waals surface area contributed by atoms with Gasteiger partial charge in [-0.15, -0.1) is 11.3 Å². The Bertz CT molecular complexity index is 1050. The Morgan fingerprint density at radius 1 is 1.22 bits per heavy atom. The highest BCUT2D eigenvalue weighted by molar-refractivity contribution is 7.89. The zero-order chi connectivity index (χ0) is 19.0. The molecule has 1 fully saturated rings. The number of halogens is 2. The van der Waals surface area contributed by atoms with E-state index in [0.717, 1.165) is 21.3 Å². The third-order valence-electron chi connectivity index (χ3n) is 4.02. The van der Waals surface area contributed by atoms with Crippen LogP contribution in [0.4, 0.5) is 8.78 Å². The molecule has 7 nitrogen and oxygen atoms in total. The monoisotopic (exact) mass is 413 g/mol. The van der Waals surface area contributed by atoms with Crippen molar-refractivity contribution in [2.45, 2.75) is 11.0 Å². The molecule has 4 rings (SSSR count). The Labute approximate surface area is 157 Å². The lowest BCUT2D eigenvalue weighted by atomic mass is 10.3. The van der Waals surface area contributed by atoms with Crippen molar-refractivity contribution in [2.24, 2.45) is 0 Å². The van der Waals surface area contributed by atoms with Crippen LogP contribution in [-0.4, -0.2) is 42.6 Å². The van der Waals surface area contributed by atoms with Gasteiger partial charge in [-0.2, -0.15) is 9.29 Å². The van der Waals surface area contributed by atoms with E-state index >= 15 is 0 Å². The van der Waals surface area contributed by atoms with Gasteiger partial charge in [0.15, 0.2) is 17.7 Å². The van der Waals surface area contributed by atoms with Crippen LogP contribution in [0.5, 0.6) is 0 Å². The maximum atomic E-state index is 13.4. The van der Waals surface area contributed by atoms with Gasteiger partial charge in [-0.1, -0.05) is 11.2 Å². The lowest BCUT2D eigenvalue weighted by molar-refractivity contribution is -0.0199. The van der Waals surface area contributed by atoms with Gasteiger partial charge in [0.05, 0.1) is 16.4 Å². The summed E-state index contributed by atoms with van der Waals surface area (Å²) in [6, 6.07) is 6.16. The molecule has 142 valence electrons. The van der Waals surface area contributed by atoms with Crippen molar-refractivity contribution in [1.82, 2.24) is 14.4 Å². The van der Waals surface area contributed by atoms with Crippen molar-refractivity contribution < 1.29 is 26.5 Å². The topological polar surface area (TPSA) is 85.5 Å². The van der Waals surface area contributed by atoms with Crippen molar-refractivity contribution in [3.8, 4) is 10.7 Å². The van der Waals surface area contributed by atoms with E-state index in [1.165, 1.54) is 11.3 Å². The van der Waals surface area contributed by atoms with Crippen molar-refractivity contribution in [1.29, 1.82) is 0 Å². The quantitative estimate of drug-likeness (QED) is 0.654. The van der Waals surface area contributed by atoms with Gasteiger partial charge in [0, 0.05) is 13.1 Å². The number of sulfonamides is 1. The van der Waals surface area contributed by atoms with Crippen molar-refractivity contribution >= 4 is 21.4 Å². The highest BCUT2D eigenvalue weighted by atomic mass is 32.2. The average Bonchev–Trinajstić information content (AvgIpc) is 3.35. The molecule has 1 aliphatic heterocycles. The predicted octanol–water partition coefficient (Wildman–Crippen LogP) is 2.84. The molecule has 1 saturated heterocycles. The summed E-state index contributed by atoms with van der Waals surface area (Å²) in [7, 11) is -4.02. The van der Waals surface area contributed by atoms with E-state index in [-0.39, 0.29) is 30.5 Å². The van der Waals surface area contributed by atoms with Gasteiger partial charge in [-0.3, -0.25) is 0 Å². The molecule has 0 unspecified atom stereocenters. The van der Waals surface area contributed by atoms with Crippen LogP contribution in [-0.2, 0) is 14.8 Å².